The Balaban J connectivity index is 3.94. The van der Waals surface area contributed by atoms with Crippen molar-refractivity contribution >= 4 is 0 Å². The van der Waals surface area contributed by atoms with Gasteiger partial charge >= 0.3 is 0 Å². The van der Waals surface area contributed by atoms with Gasteiger partial charge in [-0.2, -0.15) is 0 Å². The maximum atomic E-state index is 6.04. The van der Waals surface area contributed by atoms with Gasteiger partial charge in [-0.25, -0.2) is 0 Å². The zero-order valence-electron chi connectivity index (χ0n) is 9.88. The van der Waals surface area contributed by atoms with E-state index in [0.717, 1.165) is 13.1 Å². The average molecular weight is 186 g/mol. The van der Waals surface area contributed by atoms with Crippen molar-refractivity contribution in [1.29, 1.82) is 0 Å². The molecule has 0 rings (SSSR count). The third-order valence-electron chi connectivity index (χ3n) is 2.54. The first kappa shape index (κ1) is 12.9. The first-order chi connectivity index (χ1) is 5.99. The lowest BCUT2D eigenvalue weighted by atomic mass is 10.0. The molecule has 0 aromatic heterocycles. The molecule has 0 heterocycles. The fourth-order valence-corrected chi connectivity index (χ4v) is 1.33. The lowest BCUT2D eigenvalue weighted by Crippen LogP contribution is -2.44. The molecule has 1 atom stereocenters. The molecule has 0 amide bonds. The Morgan fingerprint density at radius 3 is 2.00 bits per heavy atom. The monoisotopic (exact) mass is 186 g/mol. The maximum absolute atomic E-state index is 6.04. The highest BCUT2D eigenvalue weighted by atomic mass is 15.2. The molecule has 0 radical (unpaired) electrons. The van der Waals surface area contributed by atoms with Crippen molar-refractivity contribution in [2.75, 3.05) is 13.1 Å². The Kier molecular flexibility index (Phi) is 6.35. The molecule has 2 nitrogen and oxygen atoms in total. The third kappa shape index (κ3) is 5.27. The van der Waals surface area contributed by atoms with E-state index in [0.29, 0.717) is 18.0 Å². The summed E-state index contributed by atoms with van der Waals surface area (Å²) in [5.74, 6) is 0.582. The SMILES string of the molecule is CCCN(CC(N)C(C)C)C(C)C. The summed E-state index contributed by atoms with van der Waals surface area (Å²) >= 11 is 0. The van der Waals surface area contributed by atoms with Crippen LogP contribution in [0.1, 0.15) is 41.0 Å². The van der Waals surface area contributed by atoms with Gasteiger partial charge in [0, 0.05) is 18.6 Å². The van der Waals surface area contributed by atoms with Crippen LogP contribution in [0.3, 0.4) is 0 Å². The summed E-state index contributed by atoms with van der Waals surface area (Å²) in [6, 6.07) is 0.929. The van der Waals surface area contributed by atoms with Crippen LogP contribution in [0.25, 0.3) is 0 Å². The Morgan fingerprint density at radius 2 is 1.69 bits per heavy atom. The largest absolute Gasteiger partial charge is 0.326 e. The minimum atomic E-state index is 0.314. The Labute approximate surface area is 83.5 Å². The van der Waals surface area contributed by atoms with Crippen LogP contribution in [0.4, 0.5) is 0 Å². The highest BCUT2D eigenvalue weighted by Crippen LogP contribution is 2.05. The van der Waals surface area contributed by atoms with E-state index in [-0.39, 0.29) is 0 Å². The molecule has 0 spiro atoms. The zero-order valence-corrected chi connectivity index (χ0v) is 9.88. The van der Waals surface area contributed by atoms with E-state index in [1.807, 2.05) is 0 Å². The van der Waals surface area contributed by atoms with Crippen LogP contribution in [0.5, 0.6) is 0 Å². The Bertz CT molecular complexity index is 121. The number of nitrogens with zero attached hydrogens (tertiary/aromatic N) is 1. The molecule has 0 fully saturated rings. The standard InChI is InChI=1S/C11H26N2/c1-6-7-13(10(4)5)8-11(12)9(2)3/h9-11H,6-8,12H2,1-5H3. The topological polar surface area (TPSA) is 29.3 Å². The van der Waals surface area contributed by atoms with Crippen molar-refractivity contribution in [3.05, 3.63) is 0 Å². The normalized spacial score (nSPS) is 14.5. The predicted octanol–water partition coefficient (Wildman–Crippen LogP) is 2.09. The molecule has 2 heteroatoms. The molecule has 0 aromatic rings. The molecule has 13 heavy (non-hydrogen) atoms. The first-order valence-corrected chi connectivity index (χ1v) is 5.48. The molecular formula is C11H26N2. The first-order valence-electron chi connectivity index (χ1n) is 5.48. The second-order valence-corrected chi connectivity index (χ2v) is 4.50. The fourth-order valence-electron chi connectivity index (χ4n) is 1.33. The summed E-state index contributed by atoms with van der Waals surface area (Å²) in [5.41, 5.74) is 6.04. The van der Waals surface area contributed by atoms with Gasteiger partial charge in [-0.1, -0.05) is 20.8 Å². The van der Waals surface area contributed by atoms with Gasteiger partial charge < -0.3 is 5.73 Å². The number of hydrogen-bond donors (Lipinski definition) is 1. The van der Waals surface area contributed by atoms with Gasteiger partial charge in [0.2, 0.25) is 0 Å². The highest BCUT2D eigenvalue weighted by molar-refractivity contribution is 4.73. The van der Waals surface area contributed by atoms with Crippen LogP contribution in [-0.2, 0) is 0 Å². The van der Waals surface area contributed by atoms with E-state index in [2.05, 4.69) is 39.5 Å². The smallest absolute Gasteiger partial charge is 0.0191 e. The lowest BCUT2D eigenvalue weighted by Gasteiger charge is -2.30. The summed E-state index contributed by atoms with van der Waals surface area (Å²) in [5, 5.41) is 0. The number of hydrogen-bond acceptors (Lipinski definition) is 2. The van der Waals surface area contributed by atoms with Crippen molar-refractivity contribution in [1.82, 2.24) is 4.90 Å². The molecule has 0 saturated heterocycles. The van der Waals surface area contributed by atoms with E-state index in [1.54, 1.807) is 0 Å². The Hall–Kier alpha value is -0.0800. The quantitative estimate of drug-likeness (QED) is 0.688. The van der Waals surface area contributed by atoms with Crippen LogP contribution in [0.15, 0.2) is 0 Å². The summed E-state index contributed by atoms with van der Waals surface area (Å²) in [6.45, 7) is 13.3. The molecule has 2 N–H and O–H groups in total. The highest BCUT2D eigenvalue weighted by Gasteiger charge is 2.14. The van der Waals surface area contributed by atoms with Crippen molar-refractivity contribution in [2.24, 2.45) is 11.7 Å². The van der Waals surface area contributed by atoms with Crippen molar-refractivity contribution < 1.29 is 0 Å². The van der Waals surface area contributed by atoms with Gasteiger partial charge in [0.05, 0.1) is 0 Å². The van der Waals surface area contributed by atoms with Gasteiger partial charge in [0.15, 0.2) is 0 Å². The van der Waals surface area contributed by atoms with Crippen LogP contribution in [0, 0.1) is 5.92 Å². The van der Waals surface area contributed by atoms with Crippen LogP contribution in [0.2, 0.25) is 0 Å². The molecule has 0 aliphatic rings. The van der Waals surface area contributed by atoms with E-state index in [4.69, 9.17) is 5.73 Å². The zero-order chi connectivity index (χ0) is 10.4. The fraction of sp³-hybridized carbons (Fsp3) is 1.00. The van der Waals surface area contributed by atoms with Gasteiger partial charge in [-0.05, 0) is 32.7 Å². The minimum absolute atomic E-state index is 0.314. The second kappa shape index (κ2) is 6.39. The van der Waals surface area contributed by atoms with Crippen molar-refractivity contribution in [3.63, 3.8) is 0 Å². The van der Waals surface area contributed by atoms with Gasteiger partial charge in [-0.3, -0.25) is 4.90 Å². The van der Waals surface area contributed by atoms with E-state index in [9.17, 15) is 0 Å². The summed E-state index contributed by atoms with van der Waals surface area (Å²) in [6.07, 6.45) is 1.21. The number of nitrogens with two attached hydrogens (primary N) is 1. The third-order valence-corrected chi connectivity index (χ3v) is 2.54. The van der Waals surface area contributed by atoms with E-state index in [1.165, 1.54) is 6.42 Å². The molecule has 80 valence electrons. The summed E-state index contributed by atoms with van der Waals surface area (Å²) < 4.78 is 0. The summed E-state index contributed by atoms with van der Waals surface area (Å²) in [4.78, 5) is 2.46. The van der Waals surface area contributed by atoms with Crippen LogP contribution < -0.4 is 5.73 Å². The van der Waals surface area contributed by atoms with Crippen molar-refractivity contribution in [3.8, 4) is 0 Å². The van der Waals surface area contributed by atoms with Gasteiger partial charge in [-0.15, -0.1) is 0 Å². The molecule has 0 bridgehead atoms. The molecule has 0 aromatic carbocycles. The number of rotatable bonds is 6. The second-order valence-electron chi connectivity index (χ2n) is 4.50. The Morgan fingerprint density at radius 1 is 1.15 bits per heavy atom. The van der Waals surface area contributed by atoms with Crippen LogP contribution >= 0.6 is 0 Å². The molecule has 1 unspecified atom stereocenters. The maximum Gasteiger partial charge on any atom is 0.0191 e. The molecule has 0 aliphatic carbocycles. The predicted molar refractivity (Wildman–Crippen MR) is 59.8 cm³/mol. The average Bonchev–Trinajstić information content (AvgIpc) is 2.03. The van der Waals surface area contributed by atoms with Gasteiger partial charge in [0.1, 0.15) is 0 Å². The van der Waals surface area contributed by atoms with Gasteiger partial charge in [0.25, 0.3) is 0 Å². The molecular weight excluding hydrogens is 160 g/mol. The van der Waals surface area contributed by atoms with E-state index >= 15 is 0 Å². The lowest BCUT2D eigenvalue weighted by molar-refractivity contribution is 0.195. The summed E-state index contributed by atoms with van der Waals surface area (Å²) in [7, 11) is 0. The van der Waals surface area contributed by atoms with Crippen LogP contribution in [-0.4, -0.2) is 30.1 Å². The molecule has 0 saturated carbocycles. The van der Waals surface area contributed by atoms with E-state index < -0.39 is 0 Å². The van der Waals surface area contributed by atoms with Crippen molar-refractivity contribution in [2.45, 2.75) is 53.1 Å². The minimum Gasteiger partial charge on any atom is -0.326 e. The molecule has 0 aliphatic heterocycles.